The van der Waals surface area contributed by atoms with E-state index in [0.717, 1.165) is 11.3 Å². The number of ether oxygens (including phenoxy) is 2. The van der Waals surface area contributed by atoms with Crippen molar-refractivity contribution < 1.29 is 14.3 Å². The first kappa shape index (κ1) is 22.5. The Morgan fingerprint density at radius 3 is 2.39 bits per heavy atom. The summed E-state index contributed by atoms with van der Waals surface area (Å²) in [5, 5.41) is 9.32. The predicted octanol–water partition coefficient (Wildman–Crippen LogP) is 4.90. The molecular weight excluding hydrogens is 441 g/mol. The molecule has 0 spiro atoms. The molecular formula is C21H21Cl2N5O3. The van der Waals surface area contributed by atoms with Crippen molar-refractivity contribution in [1.29, 1.82) is 0 Å². The lowest BCUT2D eigenvalue weighted by atomic mass is 10.2. The van der Waals surface area contributed by atoms with E-state index in [9.17, 15) is 4.79 Å². The Balaban J connectivity index is 1.64. The van der Waals surface area contributed by atoms with Gasteiger partial charge >= 0.3 is 0 Å². The van der Waals surface area contributed by atoms with Crippen molar-refractivity contribution in [3.8, 4) is 11.5 Å². The number of carbonyl (C=O) groups excluding carboxylic acids is 1. The maximum atomic E-state index is 12.4. The van der Waals surface area contributed by atoms with Crippen LogP contribution in [0.3, 0.4) is 0 Å². The van der Waals surface area contributed by atoms with E-state index >= 15 is 0 Å². The molecule has 3 rings (SSSR count). The van der Waals surface area contributed by atoms with Crippen LogP contribution in [0.2, 0.25) is 10.0 Å². The Kier molecular flexibility index (Phi) is 7.38. The van der Waals surface area contributed by atoms with Crippen LogP contribution in [0.1, 0.15) is 5.56 Å². The quantitative estimate of drug-likeness (QED) is 0.438. The summed E-state index contributed by atoms with van der Waals surface area (Å²) in [4.78, 5) is 20.6. The summed E-state index contributed by atoms with van der Waals surface area (Å²) in [6.45, 7) is 1.94. The first-order valence-corrected chi connectivity index (χ1v) is 9.96. The summed E-state index contributed by atoms with van der Waals surface area (Å²) in [7, 11) is 2.92. The summed E-state index contributed by atoms with van der Waals surface area (Å²) < 4.78 is 10.4. The monoisotopic (exact) mass is 461 g/mol. The Labute approximate surface area is 189 Å². The van der Waals surface area contributed by atoms with Crippen LogP contribution in [0.25, 0.3) is 0 Å². The van der Waals surface area contributed by atoms with Crippen molar-refractivity contribution >= 4 is 52.1 Å². The molecule has 0 atom stereocenters. The molecule has 10 heteroatoms. The number of anilines is 4. The molecule has 2 aromatic carbocycles. The Bertz CT molecular complexity index is 1080. The maximum Gasteiger partial charge on any atom is 0.244 e. The van der Waals surface area contributed by atoms with Crippen LogP contribution in [0, 0.1) is 6.92 Å². The lowest BCUT2D eigenvalue weighted by Crippen LogP contribution is -2.22. The summed E-state index contributed by atoms with van der Waals surface area (Å²) in [6, 6.07) is 11.1. The molecule has 1 heterocycles. The van der Waals surface area contributed by atoms with Gasteiger partial charge in [0.15, 0.2) is 5.75 Å². The number of aromatic nitrogens is 2. The van der Waals surface area contributed by atoms with Gasteiger partial charge in [0.25, 0.3) is 0 Å². The topological polar surface area (TPSA) is 97.4 Å². The van der Waals surface area contributed by atoms with Gasteiger partial charge in [-0.2, -0.15) is 0 Å². The highest BCUT2D eigenvalue weighted by Gasteiger charge is 2.17. The summed E-state index contributed by atoms with van der Waals surface area (Å²) in [6.07, 6.45) is 1.37. The maximum absolute atomic E-state index is 12.4. The van der Waals surface area contributed by atoms with Gasteiger partial charge in [0.2, 0.25) is 5.91 Å². The minimum Gasteiger partial charge on any atom is -0.495 e. The third kappa shape index (κ3) is 5.68. The van der Waals surface area contributed by atoms with Crippen LogP contribution < -0.4 is 25.4 Å². The van der Waals surface area contributed by atoms with E-state index in [1.165, 1.54) is 20.5 Å². The zero-order valence-electron chi connectivity index (χ0n) is 17.1. The number of nitrogens with zero attached hydrogens (tertiary/aromatic N) is 2. The zero-order chi connectivity index (χ0) is 22.4. The standard InChI is InChI=1S/C21H21Cl2N5O3/c1-12-4-6-13(7-5-12)27-16-9-17(26-11-25-16)28-18(29)10-24-14-8-15(30-2)20(23)21(31-3)19(14)22/h4-9,11,24H,10H2,1-3H3,(H2,25,26,27,28,29). The summed E-state index contributed by atoms with van der Waals surface area (Å²) in [5.74, 6) is 1.21. The second-order valence-electron chi connectivity index (χ2n) is 6.47. The fourth-order valence-electron chi connectivity index (χ4n) is 2.69. The average Bonchev–Trinajstić information content (AvgIpc) is 2.75. The molecule has 0 aliphatic heterocycles. The fourth-order valence-corrected chi connectivity index (χ4v) is 3.33. The number of hydrogen-bond donors (Lipinski definition) is 3. The average molecular weight is 462 g/mol. The molecule has 3 aromatic rings. The largest absolute Gasteiger partial charge is 0.495 e. The number of amides is 1. The van der Waals surface area contributed by atoms with Crippen molar-refractivity contribution in [2.75, 3.05) is 36.7 Å². The smallest absolute Gasteiger partial charge is 0.244 e. The Hall–Kier alpha value is -3.23. The molecule has 162 valence electrons. The van der Waals surface area contributed by atoms with Crippen LogP contribution in [-0.2, 0) is 4.79 Å². The zero-order valence-corrected chi connectivity index (χ0v) is 18.6. The second-order valence-corrected chi connectivity index (χ2v) is 7.22. The van der Waals surface area contributed by atoms with E-state index in [1.54, 1.807) is 12.1 Å². The molecule has 0 saturated carbocycles. The highest BCUT2D eigenvalue weighted by molar-refractivity contribution is 6.39. The normalized spacial score (nSPS) is 10.4. The van der Waals surface area contributed by atoms with Crippen molar-refractivity contribution in [1.82, 2.24) is 9.97 Å². The molecule has 1 amide bonds. The number of carbonyl (C=O) groups is 1. The van der Waals surface area contributed by atoms with Gasteiger partial charge in [-0.1, -0.05) is 40.9 Å². The van der Waals surface area contributed by atoms with Crippen molar-refractivity contribution in [3.63, 3.8) is 0 Å². The van der Waals surface area contributed by atoms with Gasteiger partial charge in [-0.15, -0.1) is 0 Å². The summed E-state index contributed by atoms with van der Waals surface area (Å²) in [5.41, 5.74) is 2.48. The molecule has 1 aromatic heterocycles. The highest BCUT2D eigenvalue weighted by atomic mass is 35.5. The van der Waals surface area contributed by atoms with Gasteiger partial charge in [0, 0.05) is 17.8 Å². The van der Waals surface area contributed by atoms with Gasteiger partial charge in [-0.3, -0.25) is 4.79 Å². The number of hydrogen-bond acceptors (Lipinski definition) is 7. The third-order valence-electron chi connectivity index (χ3n) is 4.25. The predicted molar refractivity (Wildman–Crippen MR) is 123 cm³/mol. The van der Waals surface area contributed by atoms with E-state index in [0.29, 0.717) is 23.1 Å². The van der Waals surface area contributed by atoms with Crippen LogP contribution in [0.4, 0.5) is 23.0 Å². The van der Waals surface area contributed by atoms with Crippen molar-refractivity contribution in [3.05, 3.63) is 58.3 Å². The van der Waals surface area contributed by atoms with Gasteiger partial charge in [0.05, 0.1) is 26.5 Å². The van der Waals surface area contributed by atoms with Crippen molar-refractivity contribution in [2.24, 2.45) is 0 Å². The van der Waals surface area contributed by atoms with E-state index in [-0.39, 0.29) is 28.2 Å². The fraction of sp³-hybridized carbons (Fsp3) is 0.190. The van der Waals surface area contributed by atoms with Crippen LogP contribution in [-0.4, -0.2) is 36.6 Å². The Morgan fingerprint density at radius 1 is 1.00 bits per heavy atom. The number of rotatable bonds is 8. The van der Waals surface area contributed by atoms with Crippen molar-refractivity contribution in [2.45, 2.75) is 6.92 Å². The van der Waals surface area contributed by atoms with Crippen LogP contribution in [0.15, 0.2) is 42.7 Å². The molecule has 0 unspecified atom stereocenters. The van der Waals surface area contributed by atoms with Gasteiger partial charge in [-0.05, 0) is 19.1 Å². The molecule has 0 aliphatic carbocycles. The molecule has 0 aliphatic rings. The van der Waals surface area contributed by atoms with Gasteiger partial charge in [0.1, 0.15) is 33.8 Å². The first-order valence-electron chi connectivity index (χ1n) is 9.20. The lowest BCUT2D eigenvalue weighted by Gasteiger charge is -2.15. The van der Waals surface area contributed by atoms with Gasteiger partial charge < -0.3 is 25.4 Å². The van der Waals surface area contributed by atoms with E-state index in [2.05, 4.69) is 25.9 Å². The molecule has 0 saturated heterocycles. The molecule has 0 fully saturated rings. The minimum atomic E-state index is -0.330. The van der Waals surface area contributed by atoms with Crippen LogP contribution >= 0.6 is 23.2 Å². The minimum absolute atomic E-state index is 0.0710. The lowest BCUT2D eigenvalue weighted by molar-refractivity contribution is -0.114. The Morgan fingerprint density at radius 2 is 1.71 bits per heavy atom. The molecule has 0 bridgehead atoms. The van der Waals surface area contributed by atoms with E-state index in [4.69, 9.17) is 32.7 Å². The molecule has 3 N–H and O–H groups in total. The molecule has 31 heavy (non-hydrogen) atoms. The number of benzene rings is 2. The highest BCUT2D eigenvalue weighted by Crippen LogP contribution is 2.44. The van der Waals surface area contributed by atoms with Gasteiger partial charge in [-0.25, -0.2) is 9.97 Å². The first-order chi connectivity index (χ1) is 14.9. The van der Waals surface area contributed by atoms with Crippen LogP contribution in [0.5, 0.6) is 11.5 Å². The SMILES string of the molecule is COc1cc(NCC(=O)Nc2cc(Nc3ccc(C)cc3)ncn2)c(Cl)c(OC)c1Cl. The number of aryl methyl sites for hydroxylation is 1. The third-order valence-corrected chi connectivity index (χ3v) is 4.98. The molecule has 8 nitrogen and oxygen atoms in total. The number of halogens is 2. The van der Waals surface area contributed by atoms with E-state index < -0.39 is 0 Å². The molecule has 0 radical (unpaired) electrons. The van der Waals surface area contributed by atoms with E-state index in [1.807, 2.05) is 31.2 Å². The number of methoxy groups -OCH3 is 2. The summed E-state index contributed by atoms with van der Waals surface area (Å²) >= 11 is 12.5. The second kappa shape index (κ2) is 10.2. The number of nitrogens with one attached hydrogen (secondary N) is 3.